The summed E-state index contributed by atoms with van der Waals surface area (Å²) in [5.74, 6) is -1.36. The first-order chi connectivity index (χ1) is 17.8. The zero-order valence-corrected chi connectivity index (χ0v) is 22.1. The number of carbonyl (C=O) groups is 3. The summed E-state index contributed by atoms with van der Waals surface area (Å²) in [4.78, 5) is 40.6. The van der Waals surface area contributed by atoms with Crippen LogP contribution in [0.2, 0.25) is 0 Å². The van der Waals surface area contributed by atoms with Crippen LogP contribution in [-0.4, -0.2) is 64.9 Å². The molecule has 0 saturated carbocycles. The molecule has 200 valence electrons. The monoisotopic (exact) mass is 510 g/mol. The van der Waals surface area contributed by atoms with Gasteiger partial charge in [0.1, 0.15) is 19.8 Å². The third-order valence-corrected chi connectivity index (χ3v) is 6.21. The zero-order valence-electron chi connectivity index (χ0n) is 22.1. The molecular formula is C29H38N2O6. The Labute approximate surface area is 219 Å². The largest absolute Gasteiger partial charge is 0.465 e. The van der Waals surface area contributed by atoms with Crippen LogP contribution in [0.5, 0.6) is 0 Å². The predicted molar refractivity (Wildman–Crippen MR) is 144 cm³/mol. The number of anilines is 2. The van der Waals surface area contributed by atoms with Gasteiger partial charge in [-0.05, 0) is 30.7 Å². The molecule has 0 spiro atoms. The molecule has 0 aromatic heterocycles. The van der Waals surface area contributed by atoms with Gasteiger partial charge in [0.05, 0.1) is 18.3 Å². The Kier molecular flexibility index (Phi) is 12.2. The maximum atomic E-state index is 12.5. The average molecular weight is 511 g/mol. The molecule has 2 aromatic carbocycles. The normalized spacial score (nSPS) is 10.8. The Morgan fingerprint density at radius 2 is 1.16 bits per heavy atom. The second-order valence-electron chi connectivity index (χ2n) is 9.00. The van der Waals surface area contributed by atoms with E-state index in [0.29, 0.717) is 19.5 Å². The Hall–Kier alpha value is -3.81. The van der Waals surface area contributed by atoms with Gasteiger partial charge >= 0.3 is 17.9 Å². The van der Waals surface area contributed by atoms with E-state index in [9.17, 15) is 14.4 Å². The molecule has 2 aromatic rings. The number of ether oxygens (including phenoxy) is 3. The number of esters is 3. The first-order valence-electron chi connectivity index (χ1n) is 12.4. The minimum atomic E-state index is -0.860. The molecule has 0 bridgehead atoms. The smallest absolute Gasteiger partial charge is 0.330 e. The molecule has 0 heterocycles. The van der Waals surface area contributed by atoms with Gasteiger partial charge in [-0.1, -0.05) is 49.9 Å². The molecule has 0 amide bonds. The minimum Gasteiger partial charge on any atom is -0.465 e. The van der Waals surface area contributed by atoms with Crippen LogP contribution in [0.25, 0.3) is 0 Å². The summed E-state index contributed by atoms with van der Waals surface area (Å²) in [6.45, 7) is 6.10. The molecule has 0 aliphatic rings. The second-order valence-corrected chi connectivity index (χ2v) is 9.00. The summed E-state index contributed by atoms with van der Waals surface area (Å²) in [6.07, 6.45) is 1.90. The number of carbonyl (C=O) groups excluding carboxylic acids is 3. The third-order valence-electron chi connectivity index (χ3n) is 6.21. The maximum Gasteiger partial charge on any atom is 0.330 e. The van der Waals surface area contributed by atoms with Crippen LogP contribution in [0, 0.1) is 5.41 Å². The Bertz CT molecular complexity index is 930. The first-order valence-corrected chi connectivity index (χ1v) is 12.4. The van der Waals surface area contributed by atoms with Gasteiger partial charge in [0.2, 0.25) is 0 Å². The maximum absolute atomic E-state index is 12.5. The van der Waals surface area contributed by atoms with E-state index in [4.69, 9.17) is 14.2 Å². The van der Waals surface area contributed by atoms with Gasteiger partial charge in [-0.15, -0.1) is 0 Å². The van der Waals surface area contributed by atoms with Crippen LogP contribution >= 0.6 is 0 Å². The van der Waals surface area contributed by atoms with Crippen LogP contribution in [0.3, 0.4) is 0 Å². The van der Waals surface area contributed by atoms with Crippen molar-refractivity contribution in [2.45, 2.75) is 26.2 Å². The van der Waals surface area contributed by atoms with Gasteiger partial charge in [0.15, 0.2) is 0 Å². The van der Waals surface area contributed by atoms with Crippen LogP contribution in [-0.2, 0) is 28.6 Å². The second kappa shape index (κ2) is 15.3. The fraction of sp³-hybridized carbons (Fsp3) is 0.414. The highest BCUT2D eigenvalue weighted by Gasteiger charge is 2.34. The summed E-state index contributed by atoms with van der Waals surface area (Å²) in [5, 5.41) is 0. The van der Waals surface area contributed by atoms with E-state index in [-0.39, 0.29) is 44.6 Å². The summed E-state index contributed by atoms with van der Waals surface area (Å²) in [5.41, 5.74) is 1.14. The van der Waals surface area contributed by atoms with E-state index in [2.05, 4.69) is 6.58 Å². The number of benzene rings is 2. The standard InChI is InChI=1S/C29H38N2O6/c1-5-26(32)35-21-29(6-2,22-36-27(33)17-19-30(3)24-13-9-7-10-14-24)23-37-28(34)18-20-31(4)25-15-11-8-12-16-25/h5,7-16H,1,6,17-23H2,2-4H3. The lowest BCUT2D eigenvalue weighted by atomic mass is 9.88. The van der Waals surface area contributed by atoms with Crippen molar-refractivity contribution < 1.29 is 28.6 Å². The first kappa shape index (κ1) is 29.4. The summed E-state index contributed by atoms with van der Waals surface area (Å²) < 4.78 is 16.4. The summed E-state index contributed by atoms with van der Waals surface area (Å²) in [6, 6.07) is 19.5. The third kappa shape index (κ3) is 10.4. The number of hydrogen-bond acceptors (Lipinski definition) is 8. The minimum absolute atomic E-state index is 0.0427. The van der Waals surface area contributed by atoms with Crippen LogP contribution in [0.15, 0.2) is 73.3 Å². The van der Waals surface area contributed by atoms with Crippen molar-refractivity contribution in [2.75, 3.05) is 56.8 Å². The van der Waals surface area contributed by atoms with E-state index in [1.807, 2.05) is 91.5 Å². The molecule has 2 rings (SSSR count). The number of para-hydroxylation sites is 2. The van der Waals surface area contributed by atoms with Gasteiger partial charge in [-0.2, -0.15) is 0 Å². The van der Waals surface area contributed by atoms with Crippen molar-refractivity contribution in [1.82, 2.24) is 0 Å². The van der Waals surface area contributed by atoms with Crippen LogP contribution in [0.1, 0.15) is 26.2 Å². The van der Waals surface area contributed by atoms with Crippen molar-refractivity contribution in [2.24, 2.45) is 5.41 Å². The quantitative estimate of drug-likeness (QED) is 0.188. The van der Waals surface area contributed by atoms with Gasteiger partial charge in [0, 0.05) is 44.6 Å². The van der Waals surface area contributed by atoms with Crippen molar-refractivity contribution in [3.8, 4) is 0 Å². The van der Waals surface area contributed by atoms with Crippen molar-refractivity contribution in [3.05, 3.63) is 73.3 Å². The number of rotatable bonds is 16. The Balaban J connectivity index is 1.90. The van der Waals surface area contributed by atoms with Crippen LogP contribution in [0.4, 0.5) is 11.4 Å². The number of nitrogens with zero attached hydrogens (tertiary/aromatic N) is 2. The van der Waals surface area contributed by atoms with Crippen molar-refractivity contribution in [1.29, 1.82) is 0 Å². The SMILES string of the molecule is C=CC(=O)OCC(CC)(COC(=O)CCN(C)c1ccccc1)COC(=O)CCN(C)c1ccccc1. The van der Waals surface area contributed by atoms with E-state index in [1.54, 1.807) is 0 Å². The fourth-order valence-electron chi connectivity index (χ4n) is 3.47. The Morgan fingerprint density at radius 1 is 0.757 bits per heavy atom. The van der Waals surface area contributed by atoms with Crippen molar-refractivity contribution in [3.63, 3.8) is 0 Å². The van der Waals surface area contributed by atoms with E-state index >= 15 is 0 Å². The molecular weight excluding hydrogens is 472 g/mol. The summed E-state index contributed by atoms with van der Waals surface area (Å²) in [7, 11) is 3.81. The summed E-state index contributed by atoms with van der Waals surface area (Å²) >= 11 is 0. The molecule has 0 atom stereocenters. The van der Waals surface area contributed by atoms with Gasteiger partial charge in [-0.3, -0.25) is 9.59 Å². The topological polar surface area (TPSA) is 85.4 Å². The molecule has 0 radical (unpaired) electrons. The molecule has 0 fully saturated rings. The highest BCUT2D eigenvalue weighted by molar-refractivity contribution is 5.81. The zero-order chi connectivity index (χ0) is 27.1. The van der Waals surface area contributed by atoms with E-state index in [0.717, 1.165) is 17.5 Å². The molecule has 0 N–H and O–H groups in total. The van der Waals surface area contributed by atoms with Crippen molar-refractivity contribution >= 4 is 29.3 Å². The Morgan fingerprint density at radius 3 is 1.54 bits per heavy atom. The van der Waals surface area contributed by atoms with Gasteiger partial charge in [0.25, 0.3) is 0 Å². The van der Waals surface area contributed by atoms with Crippen LogP contribution < -0.4 is 9.80 Å². The lowest BCUT2D eigenvalue weighted by Crippen LogP contribution is -2.39. The highest BCUT2D eigenvalue weighted by atomic mass is 16.6. The number of hydrogen-bond donors (Lipinski definition) is 0. The molecule has 8 heteroatoms. The average Bonchev–Trinajstić information content (AvgIpc) is 2.95. The molecule has 37 heavy (non-hydrogen) atoms. The van der Waals surface area contributed by atoms with E-state index in [1.165, 1.54) is 0 Å². The molecule has 0 unspecified atom stereocenters. The van der Waals surface area contributed by atoms with Gasteiger partial charge < -0.3 is 24.0 Å². The molecule has 8 nitrogen and oxygen atoms in total. The molecule has 0 aliphatic heterocycles. The highest BCUT2D eigenvalue weighted by Crippen LogP contribution is 2.25. The predicted octanol–water partition coefficient (Wildman–Crippen LogP) is 4.25. The lowest BCUT2D eigenvalue weighted by Gasteiger charge is -2.31. The van der Waals surface area contributed by atoms with Gasteiger partial charge in [-0.25, -0.2) is 4.79 Å². The lowest BCUT2D eigenvalue weighted by molar-refractivity contribution is -0.160. The fourth-order valence-corrected chi connectivity index (χ4v) is 3.47. The van der Waals surface area contributed by atoms with E-state index < -0.39 is 11.4 Å². The molecule has 0 saturated heterocycles. The molecule has 0 aliphatic carbocycles.